The van der Waals surface area contributed by atoms with Crippen molar-refractivity contribution < 1.29 is 9.59 Å². The molecule has 2 heterocycles. The first-order chi connectivity index (χ1) is 12.0. The number of hydrogen-bond donors (Lipinski definition) is 1. The number of nitrogens with one attached hydrogen (secondary N) is 1. The van der Waals surface area contributed by atoms with Crippen LogP contribution in [-0.2, 0) is 4.79 Å². The van der Waals surface area contributed by atoms with Crippen LogP contribution < -0.4 is 5.32 Å². The number of carbonyl (C=O) groups excluding carboxylic acids is 2. The minimum atomic E-state index is -0.145. The maximum absolute atomic E-state index is 12.5. The highest BCUT2D eigenvalue weighted by Gasteiger charge is 2.28. The number of halogens is 2. The third-order valence-corrected chi connectivity index (χ3v) is 4.92. The number of hydrogen-bond acceptors (Lipinski definition) is 3. The fourth-order valence-corrected chi connectivity index (χ4v) is 3.10. The number of rotatable bonds is 3. The van der Waals surface area contributed by atoms with E-state index in [2.05, 4.69) is 10.3 Å². The quantitative estimate of drug-likeness (QED) is 0.825. The third kappa shape index (κ3) is 4.30. The van der Waals surface area contributed by atoms with Gasteiger partial charge in [-0.2, -0.15) is 0 Å². The molecule has 0 aliphatic carbocycles. The van der Waals surface area contributed by atoms with E-state index in [0.29, 0.717) is 31.5 Å². The lowest BCUT2D eigenvalue weighted by Gasteiger charge is -2.31. The summed E-state index contributed by atoms with van der Waals surface area (Å²) >= 11 is 11.7. The minimum Gasteiger partial charge on any atom is -0.339 e. The highest BCUT2D eigenvalue weighted by atomic mass is 35.5. The summed E-state index contributed by atoms with van der Waals surface area (Å²) in [7, 11) is 0. The average Bonchev–Trinajstić information content (AvgIpc) is 2.64. The van der Waals surface area contributed by atoms with Crippen LogP contribution in [0.25, 0.3) is 0 Å². The lowest BCUT2D eigenvalue weighted by Crippen LogP contribution is -2.41. The number of carbonyl (C=O) groups is 2. The number of aromatic nitrogens is 1. The molecular formula is C18H17Cl2N3O2. The fourth-order valence-electron chi connectivity index (χ4n) is 2.83. The Morgan fingerprint density at radius 1 is 1.12 bits per heavy atom. The van der Waals surface area contributed by atoms with Crippen LogP contribution in [0.15, 0.2) is 42.6 Å². The van der Waals surface area contributed by atoms with E-state index in [-0.39, 0.29) is 27.9 Å². The Labute approximate surface area is 155 Å². The number of piperidine rings is 1. The predicted octanol–water partition coefficient (Wildman–Crippen LogP) is 3.88. The first kappa shape index (κ1) is 17.7. The molecule has 7 heteroatoms. The van der Waals surface area contributed by atoms with Gasteiger partial charge in [0.15, 0.2) is 0 Å². The highest BCUT2D eigenvalue weighted by molar-refractivity contribution is 6.41. The molecule has 0 spiro atoms. The molecule has 1 N–H and O–H groups in total. The van der Waals surface area contributed by atoms with Gasteiger partial charge in [-0.25, -0.2) is 4.98 Å². The first-order valence-corrected chi connectivity index (χ1v) is 8.76. The maximum atomic E-state index is 12.5. The molecule has 0 bridgehead atoms. The number of likely N-dealkylation sites (tertiary alicyclic amines) is 1. The number of para-hydroxylation sites is 1. The van der Waals surface area contributed by atoms with E-state index in [1.165, 1.54) is 12.3 Å². The minimum absolute atomic E-state index is 0.00509. The molecule has 1 aromatic carbocycles. The maximum Gasteiger partial charge on any atom is 0.255 e. The van der Waals surface area contributed by atoms with E-state index in [4.69, 9.17) is 23.2 Å². The summed E-state index contributed by atoms with van der Waals surface area (Å²) in [6.07, 6.45) is 2.67. The van der Waals surface area contributed by atoms with Crippen molar-refractivity contribution in [3.63, 3.8) is 0 Å². The van der Waals surface area contributed by atoms with Crippen molar-refractivity contribution in [2.75, 3.05) is 18.4 Å². The van der Waals surface area contributed by atoms with Crippen molar-refractivity contribution in [1.82, 2.24) is 9.88 Å². The van der Waals surface area contributed by atoms with Crippen LogP contribution in [0, 0.1) is 5.92 Å². The van der Waals surface area contributed by atoms with Gasteiger partial charge in [0.2, 0.25) is 5.91 Å². The zero-order chi connectivity index (χ0) is 17.8. The van der Waals surface area contributed by atoms with Gasteiger partial charge in [0.05, 0.1) is 10.6 Å². The monoisotopic (exact) mass is 377 g/mol. The third-order valence-electron chi connectivity index (χ3n) is 4.24. The molecule has 0 unspecified atom stereocenters. The lowest BCUT2D eigenvalue weighted by atomic mass is 9.95. The molecule has 130 valence electrons. The van der Waals surface area contributed by atoms with Gasteiger partial charge in [-0.1, -0.05) is 41.4 Å². The van der Waals surface area contributed by atoms with Gasteiger partial charge in [0.25, 0.3) is 5.91 Å². The van der Waals surface area contributed by atoms with Crippen LogP contribution in [0.3, 0.4) is 0 Å². The van der Waals surface area contributed by atoms with Crippen molar-refractivity contribution in [1.29, 1.82) is 0 Å². The first-order valence-electron chi connectivity index (χ1n) is 8.01. The molecule has 1 aromatic heterocycles. The second-order valence-corrected chi connectivity index (χ2v) is 6.68. The molecule has 1 aliphatic heterocycles. The standard InChI is InChI=1S/C18H17Cl2N3O2/c19-15-10-13(11-21-16(15)20)18(25)23-8-6-12(7-9-23)17(24)22-14-4-2-1-3-5-14/h1-5,10-12H,6-9H2,(H,22,24). The fraction of sp³-hybridized carbons (Fsp3) is 0.278. The Balaban J connectivity index is 1.57. The van der Waals surface area contributed by atoms with Gasteiger partial charge in [-0.3, -0.25) is 9.59 Å². The van der Waals surface area contributed by atoms with E-state index < -0.39 is 0 Å². The average molecular weight is 378 g/mol. The molecule has 1 saturated heterocycles. The smallest absolute Gasteiger partial charge is 0.255 e. The van der Waals surface area contributed by atoms with Crippen LogP contribution in [0.4, 0.5) is 5.69 Å². The van der Waals surface area contributed by atoms with Crippen molar-refractivity contribution in [2.24, 2.45) is 5.92 Å². The van der Waals surface area contributed by atoms with Crippen LogP contribution >= 0.6 is 23.2 Å². The van der Waals surface area contributed by atoms with Gasteiger partial charge < -0.3 is 10.2 Å². The number of anilines is 1. The second-order valence-electron chi connectivity index (χ2n) is 5.92. The summed E-state index contributed by atoms with van der Waals surface area (Å²) in [6, 6.07) is 10.9. The van der Waals surface area contributed by atoms with E-state index in [1.807, 2.05) is 30.3 Å². The SMILES string of the molecule is O=C(Nc1ccccc1)C1CCN(C(=O)c2cnc(Cl)c(Cl)c2)CC1. The van der Waals surface area contributed by atoms with Gasteiger partial charge >= 0.3 is 0 Å². The van der Waals surface area contributed by atoms with Crippen LogP contribution in [0.5, 0.6) is 0 Å². The summed E-state index contributed by atoms with van der Waals surface area (Å²) in [6.45, 7) is 1.04. The van der Waals surface area contributed by atoms with Crippen LogP contribution in [0.1, 0.15) is 23.2 Å². The van der Waals surface area contributed by atoms with Crippen molar-refractivity contribution in [3.8, 4) is 0 Å². The van der Waals surface area contributed by atoms with Gasteiger partial charge in [0.1, 0.15) is 5.15 Å². The van der Waals surface area contributed by atoms with Gasteiger partial charge in [-0.05, 0) is 31.0 Å². The predicted molar refractivity (Wildman–Crippen MR) is 98.0 cm³/mol. The second kappa shape index (κ2) is 7.85. The van der Waals surface area contributed by atoms with Crippen molar-refractivity contribution in [2.45, 2.75) is 12.8 Å². The molecule has 0 saturated carbocycles. The van der Waals surface area contributed by atoms with Crippen molar-refractivity contribution in [3.05, 3.63) is 58.3 Å². The Morgan fingerprint density at radius 2 is 1.80 bits per heavy atom. The summed E-state index contributed by atoms with van der Waals surface area (Å²) < 4.78 is 0. The van der Waals surface area contributed by atoms with Crippen LogP contribution in [0.2, 0.25) is 10.2 Å². The van der Waals surface area contributed by atoms with Gasteiger partial charge in [-0.15, -0.1) is 0 Å². The Bertz CT molecular complexity index is 775. The van der Waals surface area contributed by atoms with Crippen molar-refractivity contribution >= 4 is 40.7 Å². The summed E-state index contributed by atoms with van der Waals surface area (Å²) in [4.78, 5) is 30.5. The Morgan fingerprint density at radius 3 is 2.44 bits per heavy atom. The number of amides is 2. The number of nitrogens with zero attached hydrogens (tertiary/aromatic N) is 2. The topological polar surface area (TPSA) is 62.3 Å². The zero-order valence-corrected chi connectivity index (χ0v) is 14.9. The Hall–Kier alpha value is -2.11. The number of benzene rings is 1. The molecular weight excluding hydrogens is 361 g/mol. The van der Waals surface area contributed by atoms with Crippen LogP contribution in [-0.4, -0.2) is 34.8 Å². The summed E-state index contributed by atoms with van der Waals surface area (Å²) in [5.41, 5.74) is 1.19. The molecule has 3 rings (SSSR count). The summed E-state index contributed by atoms with van der Waals surface area (Å²) in [5.74, 6) is -0.251. The van der Waals surface area contributed by atoms with Gasteiger partial charge in [0, 0.05) is 30.9 Å². The molecule has 1 aliphatic rings. The molecule has 5 nitrogen and oxygen atoms in total. The lowest BCUT2D eigenvalue weighted by molar-refractivity contribution is -0.121. The van der Waals surface area contributed by atoms with E-state index in [9.17, 15) is 9.59 Å². The van der Waals surface area contributed by atoms with E-state index in [0.717, 1.165) is 5.69 Å². The summed E-state index contributed by atoms with van der Waals surface area (Å²) in [5, 5.41) is 3.35. The highest BCUT2D eigenvalue weighted by Crippen LogP contribution is 2.23. The molecule has 2 aromatic rings. The Kier molecular flexibility index (Phi) is 5.56. The number of pyridine rings is 1. The largest absolute Gasteiger partial charge is 0.339 e. The van der Waals surface area contributed by atoms with E-state index >= 15 is 0 Å². The van der Waals surface area contributed by atoms with E-state index in [1.54, 1.807) is 4.90 Å². The molecule has 1 fully saturated rings. The molecule has 0 radical (unpaired) electrons. The molecule has 2 amide bonds. The zero-order valence-electron chi connectivity index (χ0n) is 13.4. The molecule has 25 heavy (non-hydrogen) atoms. The normalized spacial score (nSPS) is 15.0. The molecule has 0 atom stereocenters.